The van der Waals surface area contributed by atoms with Crippen molar-refractivity contribution in [1.82, 2.24) is 24.6 Å². The molecule has 0 amide bonds. The van der Waals surface area contributed by atoms with Crippen molar-refractivity contribution in [2.75, 3.05) is 19.5 Å². The summed E-state index contributed by atoms with van der Waals surface area (Å²) in [5, 5.41) is 8.49. The van der Waals surface area contributed by atoms with Gasteiger partial charge in [-0.1, -0.05) is 48.5 Å². The van der Waals surface area contributed by atoms with Crippen LogP contribution in [0.15, 0.2) is 79.3 Å². The van der Waals surface area contributed by atoms with Crippen molar-refractivity contribution < 1.29 is 9.47 Å². The number of rotatable bonds is 7. The molecule has 0 radical (unpaired) electrons. The lowest BCUT2D eigenvalue weighted by Gasteiger charge is -2.17. The number of benzene rings is 2. The van der Waals surface area contributed by atoms with Gasteiger partial charge in [-0.25, -0.2) is 9.97 Å². The summed E-state index contributed by atoms with van der Waals surface area (Å²) < 4.78 is 13.3. The maximum atomic E-state index is 6.07. The number of nitrogens with zero attached hydrogens (tertiary/aromatic N) is 5. The summed E-state index contributed by atoms with van der Waals surface area (Å²) in [6, 6.07) is 18.1. The molecule has 0 atom stereocenters. The fourth-order valence-electron chi connectivity index (χ4n) is 4.96. The van der Waals surface area contributed by atoms with E-state index in [2.05, 4.69) is 33.5 Å². The fraction of sp³-hybridized carbons (Fsp3) is 0.200. The molecule has 38 heavy (non-hydrogen) atoms. The zero-order valence-electron chi connectivity index (χ0n) is 21.4. The molecule has 190 valence electrons. The molecule has 0 aliphatic heterocycles. The second kappa shape index (κ2) is 10.3. The van der Waals surface area contributed by atoms with Crippen molar-refractivity contribution in [3.8, 4) is 34.0 Å². The number of hydrogen-bond donors (Lipinski definition) is 1. The van der Waals surface area contributed by atoms with Gasteiger partial charge in [0.05, 0.1) is 31.5 Å². The van der Waals surface area contributed by atoms with E-state index in [1.165, 1.54) is 12.0 Å². The van der Waals surface area contributed by atoms with Gasteiger partial charge in [0.15, 0.2) is 5.65 Å². The number of nitrogens with one attached hydrogen (secondary N) is 1. The van der Waals surface area contributed by atoms with Crippen molar-refractivity contribution >= 4 is 22.9 Å². The van der Waals surface area contributed by atoms with Gasteiger partial charge in [-0.2, -0.15) is 9.61 Å². The number of aromatic nitrogens is 5. The lowest BCUT2D eigenvalue weighted by atomic mass is 9.92. The second-order valence-electron chi connectivity index (χ2n) is 9.09. The molecule has 1 aliphatic carbocycles. The van der Waals surface area contributed by atoms with Gasteiger partial charge in [0.1, 0.15) is 23.1 Å². The Labute approximate surface area is 221 Å². The van der Waals surface area contributed by atoms with Crippen molar-refractivity contribution in [2.24, 2.45) is 0 Å². The lowest BCUT2D eigenvalue weighted by molar-refractivity contribution is 0.387. The van der Waals surface area contributed by atoms with Crippen LogP contribution >= 0.6 is 0 Å². The molecule has 0 saturated heterocycles. The molecule has 2 aromatic carbocycles. The molecule has 8 heteroatoms. The third-order valence-electron chi connectivity index (χ3n) is 6.76. The molecule has 1 aliphatic rings. The van der Waals surface area contributed by atoms with Gasteiger partial charge in [-0.15, -0.1) is 0 Å². The van der Waals surface area contributed by atoms with Gasteiger partial charge < -0.3 is 14.8 Å². The van der Waals surface area contributed by atoms with Gasteiger partial charge in [-0.3, -0.25) is 4.98 Å². The van der Waals surface area contributed by atoms with E-state index in [1.54, 1.807) is 32.8 Å². The molecule has 1 N–H and O–H groups in total. The summed E-state index contributed by atoms with van der Waals surface area (Å²) >= 11 is 0. The first-order valence-electron chi connectivity index (χ1n) is 12.7. The summed E-state index contributed by atoms with van der Waals surface area (Å²) in [7, 11) is 3.32. The number of methoxy groups -OCH3 is 2. The van der Waals surface area contributed by atoms with E-state index in [0.29, 0.717) is 17.5 Å². The minimum atomic E-state index is 0.575. The normalized spacial score (nSPS) is 13.3. The fourth-order valence-corrected chi connectivity index (χ4v) is 4.96. The van der Waals surface area contributed by atoms with Gasteiger partial charge in [-0.05, 0) is 49.0 Å². The quantitative estimate of drug-likeness (QED) is 0.268. The Morgan fingerprint density at radius 3 is 2.39 bits per heavy atom. The Kier molecular flexibility index (Phi) is 6.44. The van der Waals surface area contributed by atoms with E-state index in [0.717, 1.165) is 58.6 Å². The molecule has 0 bridgehead atoms. The molecular formula is C30H28N6O2. The lowest BCUT2D eigenvalue weighted by Crippen LogP contribution is -2.07. The van der Waals surface area contributed by atoms with Crippen LogP contribution in [0.3, 0.4) is 0 Å². The van der Waals surface area contributed by atoms with Gasteiger partial charge >= 0.3 is 0 Å². The van der Waals surface area contributed by atoms with Gasteiger partial charge in [0.25, 0.3) is 0 Å². The number of anilines is 2. The van der Waals surface area contributed by atoms with E-state index < -0.39 is 0 Å². The number of allylic oxidation sites excluding steroid dienone is 2. The number of hydrogen-bond acceptors (Lipinski definition) is 7. The molecular weight excluding hydrogens is 476 g/mol. The molecule has 5 aromatic rings. The van der Waals surface area contributed by atoms with E-state index in [4.69, 9.17) is 19.6 Å². The zero-order valence-corrected chi connectivity index (χ0v) is 21.4. The van der Waals surface area contributed by atoms with Crippen LogP contribution in [0.25, 0.3) is 33.6 Å². The summed E-state index contributed by atoms with van der Waals surface area (Å²) in [6.45, 7) is 0. The number of fused-ring (bicyclic) bond motifs is 1. The molecule has 0 unspecified atom stereocenters. The SMILES string of the molecule is COc1ccc(-c2c(Nc3cnccn3)nc3c(C4=CCCCC4)c(-c4ccccc4)nn3c2OC)cc1. The van der Waals surface area contributed by atoms with Crippen molar-refractivity contribution in [1.29, 1.82) is 0 Å². The third-order valence-corrected chi connectivity index (χ3v) is 6.76. The second-order valence-corrected chi connectivity index (χ2v) is 9.09. The van der Waals surface area contributed by atoms with Crippen LogP contribution in [0.4, 0.5) is 11.6 Å². The summed E-state index contributed by atoms with van der Waals surface area (Å²) in [5.41, 5.74) is 6.63. The highest BCUT2D eigenvalue weighted by atomic mass is 16.5. The van der Waals surface area contributed by atoms with Crippen molar-refractivity contribution in [3.63, 3.8) is 0 Å². The molecule has 6 rings (SSSR count). The first-order valence-corrected chi connectivity index (χ1v) is 12.7. The molecule has 3 aromatic heterocycles. The van der Waals surface area contributed by atoms with Crippen LogP contribution < -0.4 is 14.8 Å². The Morgan fingerprint density at radius 2 is 1.71 bits per heavy atom. The standard InChI is InChI=1S/C30H28N6O2/c1-37-23-15-13-21(14-16-23)26-28(33-24-19-31-17-18-32-24)34-29-25(20-9-5-3-6-10-20)27(22-11-7-4-8-12-22)35-36(29)30(26)38-2/h4,7-9,11-19H,3,5-6,10H2,1-2H3,(H,32,33,34). The van der Waals surface area contributed by atoms with E-state index in [1.807, 2.05) is 47.0 Å². The molecule has 3 heterocycles. The summed E-state index contributed by atoms with van der Waals surface area (Å²) in [5.74, 6) is 2.54. The van der Waals surface area contributed by atoms with Crippen molar-refractivity contribution in [3.05, 3.63) is 84.8 Å². The Balaban J connectivity index is 1.66. The van der Waals surface area contributed by atoms with Crippen LogP contribution in [0, 0.1) is 0 Å². The maximum absolute atomic E-state index is 6.07. The predicted molar refractivity (Wildman–Crippen MR) is 149 cm³/mol. The highest BCUT2D eigenvalue weighted by Gasteiger charge is 2.26. The Bertz CT molecular complexity index is 1600. The smallest absolute Gasteiger partial charge is 0.228 e. The van der Waals surface area contributed by atoms with Crippen LogP contribution in [0.1, 0.15) is 31.2 Å². The van der Waals surface area contributed by atoms with Gasteiger partial charge in [0.2, 0.25) is 5.88 Å². The maximum Gasteiger partial charge on any atom is 0.228 e. The molecule has 0 saturated carbocycles. The number of ether oxygens (including phenoxy) is 2. The highest BCUT2D eigenvalue weighted by Crippen LogP contribution is 2.43. The first kappa shape index (κ1) is 23.7. The van der Waals surface area contributed by atoms with Crippen LogP contribution in [0.2, 0.25) is 0 Å². The van der Waals surface area contributed by atoms with Crippen LogP contribution in [0.5, 0.6) is 11.6 Å². The monoisotopic (exact) mass is 504 g/mol. The average molecular weight is 505 g/mol. The van der Waals surface area contributed by atoms with Crippen LogP contribution in [-0.2, 0) is 0 Å². The predicted octanol–water partition coefficient (Wildman–Crippen LogP) is 6.57. The topological polar surface area (TPSA) is 86.5 Å². The Morgan fingerprint density at radius 1 is 0.868 bits per heavy atom. The molecule has 0 spiro atoms. The largest absolute Gasteiger partial charge is 0.497 e. The minimum Gasteiger partial charge on any atom is -0.497 e. The third kappa shape index (κ3) is 4.34. The first-order chi connectivity index (χ1) is 18.8. The Hall–Kier alpha value is -4.72. The summed E-state index contributed by atoms with van der Waals surface area (Å²) in [6.07, 6.45) is 11.7. The molecule has 8 nitrogen and oxygen atoms in total. The summed E-state index contributed by atoms with van der Waals surface area (Å²) in [4.78, 5) is 13.8. The minimum absolute atomic E-state index is 0.575. The van der Waals surface area contributed by atoms with Gasteiger partial charge in [0, 0.05) is 18.0 Å². The van der Waals surface area contributed by atoms with Crippen LogP contribution in [-0.4, -0.2) is 38.8 Å². The van der Waals surface area contributed by atoms with E-state index in [-0.39, 0.29) is 0 Å². The van der Waals surface area contributed by atoms with E-state index in [9.17, 15) is 0 Å². The van der Waals surface area contributed by atoms with E-state index >= 15 is 0 Å². The highest BCUT2D eigenvalue weighted by molar-refractivity contribution is 5.91. The zero-order chi connectivity index (χ0) is 25.9. The van der Waals surface area contributed by atoms with Crippen molar-refractivity contribution in [2.45, 2.75) is 25.7 Å². The average Bonchev–Trinajstić information content (AvgIpc) is 3.37. The molecule has 0 fully saturated rings.